The normalized spacial score (nSPS) is 20.9. The fourth-order valence-electron chi connectivity index (χ4n) is 2.62. The van der Waals surface area contributed by atoms with Crippen LogP contribution in [0.25, 0.3) is 0 Å². The molecule has 2 N–H and O–H groups in total. The summed E-state index contributed by atoms with van der Waals surface area (Å²) in [6.07, 6.45) is 1.10. The Bertz CT molecular complexity index is 438. The number of benzene rings is 1. The van der Waals surface area contributed by atoms with Gasteiger partial charge in [0.1, 0.15) is 5.75 Å². The average molecular weight is 294 g/mol. The molecule has 0 saturated carbocycles. The van der Waals surface area contributed by atoms with Gasteiger partial charge in [0.2, 0.25) is 0 Å². The molecule has 0 aliphatic carbocycles. The zero-order chi connectivity index (χ0) is 14.5. The van der Waals surface area contributed by atoms with Crippen molar-refractivity contribution in [3.05, 3.63) is 23.8 Å². The smallest absolute Gasteiger partial charge is 0.122 e. The lowest BCUT2D eigenvalue weighted by atomic mass is 10.1. The maximum Gasteiger partial charge on any atom is 0.122 e. The average Bonchev–Trinajstić information content (AvgIpc) is 2.44. The molecule has 0 bridgehead atoms. The number of aromatic hydroxyl groups is 1. The van der Waals surface area contributed by atoms with Crippen molar-refractivity contribution in [3.63, 3.8) is 0 Å². The highest BCUT2D eigenvalue weighted by atomic mass is 32.2. The number of nitrogens with zero attached hydrogens (tertiary/aromatic N) is 1. The summed E-state index contributed by atoms with van der Waals surface area (Å²) in [5.74, 6) is 1.57. The maximum atomic E-state index is 10.3. The summed E-state index contributed by atoms with van der Waals surface area (Å²) >= 11 is 2.02. The molecule has 0 aromatic heterocycles. The van der Waals surface area contributed by atoms with Crippen molar-refractivity contribution >= 4 is 17.4 Å². The van der Waals surface area contributed by atoms with Gasteiger partial charge in [-0.05, 0) is 26.0 Å². The van der Waals surface area contributed by atoms with Gasteiger partial charge in [-0.3, -0.25) is 0 Å². The van der Waals surface area contributed by atoms with Gasteiger partial charge in [0.05, 0.1) is 0 Å². The van der Waals surface area contributed by atoms with Crippen molar-refractivity contribution in [2.45, 2.75) is 38.5 Å². The van der Waals surface area contributed by atoms with Crippen molar-refractivity contribution < 1.29 is 5.11 Å². The number of phenols is 1. The lowest BCUT2D eigenvalue weighted by Crippen LogP contribution is -2.36. The first-order valence-corrected chi connectivity index (χ1v) is 8.59. The van der Waals surface area contributed by atoms with E-state index in [2.05, 4.69) is 43.1 Å². The molecular formula is C16H26N2OS. The third-order valence-corrected chi connectivity index (χ3v) is 4.92. The molecule has 1 saturated heterocycles. The van der Waals surface area contributed by atoms with Gasteiger partial charge in [0.25, 0.3) is 0 Å². The highest BCUT2D eigenvalue weighted by Crippen LogP contribution is 2.31. The number of hydrogen-bond donors (Lipinski definition) is 2. The number of nitrogens with one attached hydrogen (secondary N) is 1. The third-order valence-electron chi connectivity index (χ3n) is 3.79. The molecule has 2 unspecified atom stereocenters. The molecule has 1 aliphatic heterocycles. The Morgan fingerprint density at radius 3 is 2.95 bits per heavy atom. The summed E-state index contributed by atoms with van der Waals surface area (Å²) in [5, 5.41) is 14.4. The zero-order valence-electron chi connectivity index (χ0n) is 12.7. The Labute approximate surface area is 126 Å². The van der Waals surface area contributed by atoms with E-state index in [0.29, 0.717) is 11.0 Å². The molecule has 1 aromatic carbocycles. The largest absolute Gasteiger partial charge is 0.508 e. The van der Waals surface area contributed by atoms with Crippen LogP contribution in [0.1, 0.15) is 38.8 Å². The van der Waals surface area contributed by atoms with Crippen molar-refractivity contribution in [1.29, 1.82) is 0 Å². The first-order valence-electron chi connectivity index (χ1n) is 7.54. The second-order valence-corrected chi connectivity index (χ2v) is 7.09. The van der Waals surface area contributed by atoms with Gasteiger partial charge in [-0.15, -0.1) is 0 Å². The molecule has 1 aromatic rings. The van der Waals surface area contributed by atoms with Crippen LogP contribution in [0.3, 0.4) is 0 Å². The minimum atomic E-state index is 0.194. The Morgan fingerprint density at radius 1 is 1.50 bits per heavy atom. The van der Waals surface area contributed by atoms with Crippen molar-refractivity contribution in [1.82, 2.24) is 5.32 Å². The van der Waals surface area contributed by atoms with Crippen LogP contribution in [0.2, 0.25) is 0 Å². The number of anilines is 1. The van der Waals surface area contributed by atoms with Gasteiger partial charge in [-0.2, -0.15) is 11.8 Å². The number of thioether (sulfide) groups is 1. The molecule has 20 heavy (non-hydrogen) atoms. The van der Waals surface area contributed by atoms with E-state index < -0.39 is 0 Å². The van der Waals surface area contributed by atoms with Gasteiger partial charge in [0, 0.05) is 47.5 Å². The van der Waals surface area contributed by atoms with Crippen LogP contribution in [0, 0.1) is 0 Å². The van der Waals surface area contributed by atoms with E-state index in [9.17, 15) is 5.11 Å². The molecule has 3 nitrogen and oxygen atoms in total. The zero-order valence-corrected chi connectivity index (χ0v) is 13.5. The Morgan fingerprint density at radius 2 is 2.30 bits per heavy atom. The molecule has 0 radical (unpaired) electrons. The van der Waals surface area contributed by atoms with E-state index in [-0.39, 0.29) is 6.04 Å². The lowest BCUT2D eigenvalue weighted by molar-refractivity contribution is 0.452. The van der Waals surface area contributed by atoms with Gasteiger partial charge < -0.3 is 15.3 Å². The Kier molecular flexibility index (Phi) is 5.61. The van der Waals surface area contributed by atoms with Gasteiger partial charge in [-0.1, -0.05) is 19.9 Å². The SMILES string of the molecule is CCCNC(C)c1ccc(N2CCSC(C)C2)cc1O. The minimum Gasteiger partial charge on any atom is -0.508 e. The summed E-state index contributed by atoms with van der Waals surface area (Å²) in [7, 11) is 0. The highest BCUT2D eigenvalue weighted by Gasteiger charge is 2.18. The van der Waals surface area contributed by atoms with E-state index in [0.717, 1.165) is 43.1 Å². The standard InChI is InChI=1S/C16H26N2OS/c1-4-7-17-13(3)15-6-5-14(10-16(15)19)18-8-9-20-12(2)11-18/h5-6,10,12-13,17,19H,4,7-9,11H2,1-3H3. The van der Waals surface area contributed by atoms with Crippen molar-refractivity contribution in [3.8, 4) is 5.75 Å². The van der Waals surface area contributed by atoms with E-state index in [1.165, 1.54) is 0 Å². The van der Waals surface area contributed by atoms with Crippen LogP contribution in [0.5, 0.6) is 5.75 Å². The van der Waals surface area contributed by atoms with Crippen LogP contribution >= 0.6 is 11.8 Å². The van der Waals surface area contributed by atoms with Crippen LogP contribution in [-0.2, 0) is 0 Å². The topological polar surface area (TPSA) is 35.5 Å². The molecule has 0 spiro atoms. The van der Waals surface area contributed by atoms with Gasteiger partial charge in [0.15, 0.2) is 0 Å². The van der Waals surface area contributed by atoms with E-state index in [1.54, 1.807) is 0 Å². The molecule has 112 valence electrons. The van der Waals surface area contributed by atoms with Crippen molar-refractivity contribution in [2.24, 2.45) is 0 Å². The molecule has 0 amide bonds. The quantitative estimate of drug-likeness (QED) is 0.872. The monoisotopic (exact) mass is 294 g/mol. The van der Waals surface area contributed by atoms with Crippen LogP contribution in [0.4, 0.5) is 5.69 Å². The number of hydrogen-bond acceptors (Lipinski definition) is 4. The van der Waals surface area contributed by atoms with Crippen LogP contribution in [-0.4, -0.2) is 35.7 Å². The first-order chi connectivity index (χ1) is 9.61. The molecular weight excluding hydrogens is 268 g/mol. The molecule has 1 aliphatic rings. The third kappa shape index (κ3) is 3.83. The summed E-state index contributed by atoms with van der Waals surface area (Å²) < 4.78 is 0. The van der Waals surface area contributed by atoms with E-state index in [1.807, 2.05) is 17.8 Å². The number of phenolic OH excluding ortho intramolecular Hbond substituents is 1. The van der Waals surface area contributed by atoms with Gasteiger partial charge in [-0.25, -0.2) is 0 Å². The maximum absolute atomic E-state index is 10.3. The van der Waals surface area contributed by atoms with Gasteiger partial charge >= 0.3 is 0 Å². The highest BCUT2D eigenvalue weighted by molar-refractivity contribution is 8.00. The molecule has 1 fully saturated rings. The summed E-state index contributed by atoms with van der Waals surface area (Å²) in [6, 6.07) is 6.31. The Hall–Kier alpha value is -0.870. The molecule has 2 atom stereocenters. The van der Waals surface area contributed by atoms with Crippen molar-refractivity contribution in [2.75, 3.05) is 30.3 Å². The Balaban J connectivity index is 2.08. The molecule has 1 heterocycles. The predicted octanol–water partition coefficient (Wildman–Crippen LogP) is 3.39. The lowest BCUT2D eigenvalue weighted by Gasteiger charge is -2.32. The van der Waals surface area contributed by atoms with E-state index in [4.69, 9.17) is 0 Å². The number of rotatable bonds is 5. The van der Waals surface area contributed by atoms with E-state index >= 15 is 0 Å². The summed E-state index contributed by atoms with van der Waals surface area (Å²) in [6.45, 7) is 9.62. The first kappa shape index (κ1) is 15.5. The van der Waals surface area contributed by atoms with Crippen LogP contribution < -0.4 is 10.2 Å². The summed E-state index contributed by atoms with van der Waals surface area (Å²) in [5.41, 5.74) is 2.13. The van der Waals surface area contributed by atoms with Crippen LogP contribution in [0.15, 0.2) is 18.2 Å². The molecule has 4 heteroatoms. The predicted molar refractivity (Wildman–Crippen MR) is 88.9 cm³/mol. The summed E-state index contributed by atoms with van der Waals surface area (Å²) in [4.78, 5) is 2.37. The minimum absolute atomic E-state index is 0.194. The second kappa shape index (κ2) is 7.23. The molecule has 2 rings (SSSR count). The second-order valence-electron chi connectivity index (χ2n) is 5.55. The fraction of sp³-hybridized carbons (Fsp3) is 0.625. The fourth-order valence-corrected chi connectivity index (χ4v) is 3.63.